The van der Waals surface area contributed by atoms with Gasteiger partial charge < -0.3 is 5.11 Å². The van der Waals surface area contributed by atoms with Crippen LogP contribution in [0.5, 0.6) is 0 Å². The molecule has 1 aromatic heterocycles. The molecule has 0 unspecified atom stereocenters. The highest BCUT2D eigenvalue weighted by Crippen LogP contribution is 2.15. The summed E-state index contributed by atoms with van der Waals surface area (Å²) in [5.74, 6) is -1.90. The molecule has 0 aliphatic carbocycles. The van der Waals surface area contributed by atoms with E-state index in [2.05, 4.69) is 4.98 Å². The monoisotopic (exact) mass is 370 g/mol. The highest BCUT2D eigenvalue weighted by Gasteiger charge is 2.10. The van der Waals surface area contributed by atoms with Crippen molar-refractivity contribution in [1.29, 1.82) is 0 Å². The predicted molar refractivity (Wildman–Crippen MR) is 98.2 cm³/mol. The number of carbonyl (C=O) groups is 1. The molecular formula is C20H16F2N2O3. The van der Waals surface area contributed by atoms with E-state index >= 15 is 0 Å². The Kier molecular flexibility index (Phi) is 5.40. The number of halogens is 2. The van der Waals surface area contributed by atoms with Crippen molar-refractivity contribution in [1.82, 2.24) is 9.55 Å². The molecule has 0 amide bonds. The number of benzene rings is 2. The molecule has 1 N–H and O–H groups in total. The Hall–Kier alpha value is -3.35. The van der Waals surface area contributed by atoms with Gasteiger partial charge in [-0.05, 0) is 48.9 Å². The minimum absolute atomic E-state index is 0.0227. The molecule has 27 heavy (non-hydrogen) atoms. The summed E-state index contributed by atoms with van der Waals surface area (Å²) < 4.78 is 28.5. The van der Waals surface area contributed by atoms with E-state index in [4.69, 9.17) is 5.11 Å². The van der Waals surface area contributed by atoms with Crippen LogP contribution in [-0.4, -0.2) is 20.6 Å². The topological polar surface area (TPSA) is 72.2 Å². The molecule has 3 rings (SSSR count). The summed E-state index contributed by atoms with van der Waals surface area (Å²) in [5, 5.41) is 9.22. The fourth-order valence-corrected chi connectivity index (χ4v) is 2.72. The standard InChI is InChI=1S/C20H16F2N2O3/c21-14-8-9-16(22)13(12-14)7-10-18-23-17-5-2-1-4-15(17)20(27)24(18)11-3-6-19(25)26/h1-2,4-5,7-10,12H,3,6,11H2,(H,25,26). The van der Waals surface area contributed by atoms with Gasteiger partial charge in [-0.25, -0.2) is 13.8 Å². The van der Waals surface area contributed by atoms with Crippen LogP contribution in [0.15, 0.2) is 47.3 Å². The van der Waals surface area contributed by atoms with Gasteiger partial charge in [0.2, 0.25) is 0 Å². The first kappa shape index (κ1) is 18.4. The van der Waals surface area contributed by atoms with E-state index in [0.717, 1.165) is 18.2 Å². The molecule has 0 aliphatic heterocycles. The molecule has 0 saturated heterocycles. The predicted octanol–water partition coefficient (Wildman–Crippen LogP) is 3.71. The van der Waals surface area contributed by atoms with Gasteiger partial charge in [0.15, 0.2) is 0 Å². The van der Waals surface area contributed by atoms with Gasteiger partial charge in [-0.1, -0.05) is 12.1 Å². The molecule has 0 spiro atoms. The summed E-state index contributed by atoms with van der Waals surface area (Å²) in [6.45, 7) is 0.147. The Labute approximate surface area is 153 Å². The van der Waals surface area contributed by atoms with Crippen LogP contribution in [0.2, 0.25) is 0 Å². The number of aromatic nitrogens is 2. The maximum Gasteiger partial charge on any atom is 0.303 e. The normalized spacial score (nSPS) is 11.3. The number of hydrogen-bond donors (Lipinski definition) is 1. The molecule has 138 valence electrons. The van der Waals surface area contributed by atoms with Crippen LogP contribution in [0.1, 0.15) is 24.2 Å². The van der Waals surface area contributed by atoms with E-state index < -0.39 is 17.6 Å². The number of carboxylic acids is 1. The number of nitrogens with zero attached hydrogens (tertiary/aromatic N) is 2. The van der Waals surface area contributed by atoms with Gasteiger partial charge in [0.25, 0.3) is 5.56 Å². The molecule has 5 nitrogen and oxygen atoms in total. The molecular weight excluding hydrogens is 354 g/mol. The third-order valence-corrected chi connectivity index (χ3v) is 4.03. The first-order valence-electron chi connectivity index (χ1n) is 8.30. The van der Waals surface area contributed by atoms with Gasteiger partial charge in [0.05, 0.1) is 10.9 Å². The molecule has 1 heterocycles. The fraction of sp³-hybridized carbons (Fsp3) is 0.150. The Balaban J connectivity index is 2.06. The minimum Gasteiger partial charge on any atom is -0.481 e. The van der Waals surface area contributed by atoms with E-state index in [0.29, 0.717) is 10.9 Å². The number of hydrogen-bond acceptors (Lipinski definition) is 3. The summed E-state index contributed by atoms with van der Waals surface area (Å²) in [7, 11) is 0. The van der Waals surface area contributed by atoms with Gasteiger partial charge in [0, 0.05) is 18.5 Å². The van der Waals surface area contributed by atoms with E-state index in [1.165, 1.54) is 16.7 Å². The number of fused-ring (bicyclic) bond motifs is 1. The van der Waals surface area contributed by atoms with Crippen molar-refractivity contribution in [2.75, 3.05) is 0 Å². The SMILES string of the molecule is O=C(O)CCCn1c(C=Cc2cc(F)ccc2F)nc2ccccc2c1=O. The zero-order valence-electron chi connectivity index (χ0n) is 14.2. The summed E-state index contributed by atoms with van der Waals surface area (Å²) in [4.78, 5) is 27.9. The Bertz CT molecular complexity index is 1090. The second-order valence-corrected chi connectivity index (χ2v) is 5.94. The van der Waals surface area contributed by atoms with Crippen LogP contribution in [0.3, 0.4) is 0 Å². The van der Waals surface area contributed by atoms with Gasteiger partial charge in [-0.2, -0.15) is 0 Å². The molecule has 0 atom stereocenters. The average molecular weight is 370 g/mol. The summed E-state index contributed by atoms with van der Waals surface area (Å²) >= 11 is 0. The molecule has 0 aliphatic rings. The van der Waals surface area contributed by atoms with Crippen LogP contribution in [0.4, 0.5) is 8.78 Å². The van der Waals surface area contributed by atoms with Crippen molar-refractivity contribution in [3.05, 3.63) is 75.8 Å². The van der Waals surface area contributed by atoms with Gasteiger partial charge in [-0.15, -0.1) is 0 Å². The lowest BCUT2D eigenvalue weighted by Gasteiger charge is -2.10. The van der Waals surface area contributed by atoms with Gasteiger partial charge in [-0.3, -0.25) is 14.2 Å². The van der Waals surface area contributed by atoms with Crippen LogP contribution >= 0.6 is 0 Å². The highest BCUT2D eigenvalue weighted by atomic mass is 19.1. The largest absolute Gasteiger partial charge is 0.481 e. The van der Waals surface area contributed by atoms with Crippen molar-refractivity contribution in [3.63, 3.8) is 0 Å². The zero-order valence-corrected chi connectivity index (χ0v) is 14.2. The lowest BCUT2D eigenvalue weighted by molar-refractivity contribution is -0.137. The summed E-state index contributed by atoms with van der Waals surface area (Å²) in [5.41, 5.74) is 0.177. The van der Waals surface area contributed by atoms with Crippen LogP contribution in [0, 0.1) is 11.6 Å². The summed E-state index contributed by atoms with van der Waals surface area (Å²) in [6, 6.07) is 9.84. The lowest BCUT2D eigenvalue weighted by Crippen LogP contribution is -2.24. The number of para-hydroxylation sites is 1. The smallest absolute Gasteiger partial charge is 0.303 e. The Morgan fingerprint density at radius 1 is 1.15 bits per heavy atom. The zero-order chi connectivity index (χ0) is 19.4. The second kappa shape index (κ2) is 7.90. The van der Waals surface area contributed by atoms with Crippen molar-refractivity contribution < 1.29 is 18.7 Å². The van der Waals surface area contributed by atoms with E-state index in [-0.39, 0.29) is 36.3 Å². The van der Waals surface area contributed by atoms with Crippen LogP contribution in [-0.2, 0) is 11.3 Å². The second-order valence-electron chi connectivity index (χ2n) is 5.94. The molecule has 2 aromatic carbocycles. The van der Waals surface area contributed by atoms with E-state index in [9.17, 15) is 18.4 Å². The average Bonchev–Trinajstić information content (AvgIpc) is 2.64. The first-order chi connectivity index (χ1) is 13.0. The fourth-order valence-electron chi connectivity index (χ4n) is 2.72. The van der Waals surface area contributed by atoms with Crippen molar-refractivity contribution in [2.45, 2.75) is 19.4 Å². The van der Waals surface area contributed by atoms with Gasteiger partial charge >= 0.3 is 5.97 Å². The van der Waals surface area contributed by atoms with Gasteiger partial charge in [0.1, 0.15) is 17.5 Å². The number of rotatable bonds is 6. The quantitative estimate of drug-likeness (QED) is 0.718. The minimum atomic E-state index is -0.962. The third-order valence-electron chi connectivity index (χ3n) is 4.03. The summed E-state index contributed by atoms with van der Waals surface area (Å²) in [6.07, 6.45) is 2.90. The van der Waals surface area contributed by atoms with Crippen LogP contribution in [0.25, 0.3) is 23.1 Å². The Morgan fingerprint density at radius 3 is 2.70 bits per heavy atom. The Morgan fingerprint density at radius 2 is 1.93 bits per heavy atom. The molecule has 0 radical (unpaired) electrons. The highest BCUT2D eigenvalue weighted by molar-refractivity contribution is 5.79. The molecule has 0 saturated carbocycles. The lowest BCUT2D eigenvalue weighted by atomic mass is 10.2. The first-order valence-corrected chi connectivity index (χ1v) is 8.30. The third kappa shape index (κ3) is 4.25. The van der Waals surface area contributed by atoms with Crippen molar-refractivity contribution >= 4 is 29.0 Å². The number of aliphatic carboxylic acids is 1. The van der Waals surface area contributed by atoms with Crippen molar-refractivity contribution in [3.8, 4) is 0 Å². The molecule has 0 bridgehead atoms. The maximum absolute atomic E-state index is 13.8. The van der Waals surface area contributed by atoms with Crippen LogP contribution < -0.4 is 5.56 Å². The molecule has 0 fully saturated rings. The number of carboxylic acid groups (broad SMARTS) is 1. The maximum atomic E-state index is 13.8. The van der Waals surface area contributed by atoms with E-state index in [1.807, 2.05) is 0 Å². The van der Waals surface area contributed by atoms with Crippen molar-refractivity contribution in [2.24, 2.45) is 0 Å². The van der Waals surface area contributed by atoms with E-state index in [1.54, 1.807) is 24.3 Å². The molecule has 3 aromatic rings. The molecule has 7 heteroatoms.